The van der Waals surface area contributed by atoms with E-state index in [1.54, 1.807) is 0 Å². The SMILES string of the molecule is O=C(O)c1c(F)cncc1-c1ccc(C(F)(F)F)cc1. The highest BCUT2D eigenvalue weighted by atomic mass is 19.4. The number of alkyl halides is 3. The summed E-state index contributed by atoms with van der Waals surface area (Å²) in [6.45, 7) is 0. The maximum Gasteiger partial charge on any atom is 0.416 e. The first-order chi connectivity index (χ1) is 9.30. The Morgan fingerprint density at radius 2 is 1.70 bits per heavy atom. The molecule has 0 radical (unpaired) electrons. The predicted molar refractivity (Wildman–Crippen MR) is 61.6 cm³/mol. The Kier molecular flexibility index (Phi) is 3.44. The van der Waals surface area contributed by atoms with Crippen molar-refractivity contribution in [2.75, 3.05) is 0 Å². The van der Waals surface area contributed by atoms with Crippen LogP contribution in [0.25, 0.3) is 11.1 Å². The summed E-state index contributed by atoms with van der Waals surface area (Å²) in [6, 6.07) is 3.75. The van der Waals surface area contributed by atoms with Gasteiger partial charge in [0.05, 0.1) is 11.8 Å². The zero-order chi connectivity index (χ0) is 14.9. The molecule has 0 fully saturated rings. The van der Waals surface area contributed by atoms with Crippen molar-refractivity contribution in [3.8, 4) is 11.1 Å². The molecule has 3 nitrogen and oxygen atoms in total. The van der Waals surface area contributed by atoms with Crippen LogP contribution in [0.1, 0.15) is 15.9 Å². The lowest BCUT2D eigenvalue weighted by atomic mass is 10.0. The van der Waals surface area contributed by atoms with E-state index in [1.807, 2.05) is 0 Å². The minimum Gasteiger partial charge on any atom is -0.478 e. The van der Waals surface area contributed by atoms with Crippen LogP contribution in [0.5, 0.6) is 0 Å². The number of halogens is 4. The third-order valence-corrected chi connectivity index (χ3v) is 2.64. The van der Waals surface area contributed by atoms with Crippen molar-refractivity contribution in [2.45, 2.75) is 6.18 Å². The number of aromatic nitrogens is 1. The Morgan fingerprint density at radius 3 is 2.20 bits per heavy atom. The summed E-state index contributed by atoms with van der Waals surface area (Å²) >= 11 is 0. The van der Waals surface area contributed by atoms with Gasteiger partial charge in [0.15, 0.2) is 5.82 Å². The zero-order valence-corrected chi connectivity index (χ0v) is 9.78. The Morgan fingerprint density at radius 1 is 1.10 bits per heavy atom. The third-order valence-electron chi connectivity index (χ3n) is 2.64. The van der Waals surface area contributed by atoms with Gasteiger partial charge in [0.1, 0.15) is 5.56 Å². The van der Waals surface area contributed by atoms with Gasteiger partial charge in [0, 0.05) is 11.8 Å². The molecule has 2 aromatic rings. The molecule has 1 aromatic carbocycles. The fraction of sp³-hybridized carbons (Fsp3) is 0.0769. The molecule has 1 heterocycles. The molecule has 0 aliphatic heterocycles. The number of benzene rings is 1. The van der Waals surface area contributed by atoms with Crippen molar-refractivity contribution >= 4 is 5.97 Å². The van der Waals surface area contributed by atoms with E-state index in [-0.39, 0.29) is 11.1 Å². The molecule has 1 aromatic heterocycles. The molecule has 0 amide bonds. The smallest absolute Gasteiger partial charge is 0.416 e. The van der Waals surface area contributed by atoms with Gasteiger partial charge in [-0.15, -0.1) is 0 Å². The first-order valence-electron chi connectivity index (χ1n) is 5.35. The van der Waals surface area contributed by atoms with E-state index in [1.165, 1.54) is 0 Å². The second kappa shape index (κ2) is 4.92. The van der Waals surface area contributed by atoms with Gasteiger partial charge in [-0.2, -0.15) is 13.2 Å². The second-order valence-corrected chi connectivity index (χ2v) is 3.92. The van der Waals surface area contributed by atoms with Crippen LogP contribution in [0.3, 0.4) is 0 Å². The lowest BCUT2D eigenvalue weighted by molar-refractivity contribution is -0.137. The highest BCUT2D eigenvalue weighted by Crippen LogP contribution is 2.32. The van der Waals surface area contributed by atoms with Crippen LogP contribution in [0, 0.1) is 5.82 Å². The fourth-order valence-corrected chi connectivity index (χ4v) is 1.71. The molecular weight excluding hydrogens is 278 g/mol. The van der Waals surface area contributed by atoms with Crippen LogP contribution in [-0.4, -0.2) is 16.1 Å². The third kappa shape index (κ3) is 2.61. The Labute approximate surface area is 110 Å². The molecule has 0 spiro atoms. The monoisotopic (exact) mass is 285 g/mol. The summed E-state index contributed by atoms with van der Waals surface area (Å²) in [7, 11) is 0. The quantitative estimate of drug-likeness (QED) is 0.858. The normalized spacial score (nSPS) is 11.4. The molecule has 0 unspecified atom stereocenters. The summed E-state index contributed by atoms with van der Waals surface area (Å²) in [4.78, 5) is 14.5. The van der Waals surface area contributed by atoms with Gasteiger partial charge in [0.2, 0.25) is 0 Å². The second-order valence-electron chi connectivity index (χ2n) is 3.92. The zero-order valence-electron chi connectivity index (χ0n) is 9.78. The van der Waals surface area contributed by atoms with E-state index >= 15 is 0 Å². The average molecular weight is 285 g/mol. The molecule has 0 atom stereocenters. The van der Waals surface area contributed by atoms with Gasteiger partial charge in [0.25, 0.3) is 0 Å². The molecule has 0 saturated heterocycles. The molecule has 1 N–H and O–H groups in total. The highest BCUT2D eigenvalue weighted by molar-refractivity contribution is 5.96. The largest absolute Gasteiger partial charge is 0.478 e. The van der Waals surface area contributed by atoms with E-state index in [0.29, 0.717) is 0 Å². The summed E-state index contributed by atoms with van der Waals surface area (Å²) in [5.74, 6) is -2.56. The first-order valence-corrected chi connectivity index (χ1v) is 5.35. The molecule has 0 bridgehead atoms. The molecule has 20 heavy (non-hydrogen) atoms. The maximum atomic E-state index is 13.4. The molecular formula is C13H7F4NO2. The van der Waals surface area contributed by atoms with Crippen LogP contribution in [0.4, 0.5) is 17.6 Å². The molecule has 2 rings (SSSR count). The van der Waals surface area contributed by atoms with Crippen LogP contribution in [0.15, 0.2) is 36.7 Å². The molecule has 104 valence electrons. The number of nitrogens with zero attached hydrogens (tertiary/aromatic N) is 1. The van der Waals surface area contributed by atoms with E-state index < -0.39 is 29.1 Å². The van der Waals surface area contributed by atoms with Crippen molar-refractivity contribution in [3.05, 3.63) is 53.6 Å². The lowest BCUT2D eigenvalue weighted by Crippen LogP contribution is -2.06. The topological polar surface area (TPSA) is 50.2 Å². The van der Waals surface area contributed by atoms with Crippen LogP contribution >= 0.6 is 0 Å². The maximum absolute atomic E-state index is 13.4. The van der Waals surface area contributed by atoms with Crippen molar-refractivity contribution in [3.63, 3.8) is 0 Å². The molecule has 0 aliphatic carbocycles. The van der Waals surface area contributed by atoms with E-state index in [9.17, 15) is 22.4 Å². The number of carbonyl (C=O) groups is 1. The average Bonchev–Trinajstić information content (AvgIpc) is 2.37. The van der Waals surface area contributed by atoms with Gasteiger partial charge < -0.3 is 5.11 Å². The lowest BCUT2D eigenvalue weighted by Gasteiger charge is -2.09. The van der Waals surface area contributed by atoms with E-state index in [4.69, 9.17) is 5.11 Å². The number of hydrogen-bond acceptors (Lipinski definition) is 2. The van der Waals surface area contributed by atoms with Gasteiger partial charge >= 0.3 is 12.1 Å². The van der Waals surface area contributed by atoms with Crippen LogP contribution in [0.2, 0.25) is 0 Å². The van der Waals surface area contributed by atoms with Crippen molar-refractivity contribution in [1.82, 2.24) is 4.98 Å². The molecule has 0 saturated carbocycles. The number of hydrogen-bond donors (Lipinski definition) is 1. The number of rotatable bonds is 2. The molecule has 7 heteroatoms. The minimum absolute atomic E-state index is 0.0776. The van der Waals surface area contributed by atoms with E-state index in [2.05, 4.69) is 4.98 Å². The van der Waals surface area contributed by atoms with Crippen LogP contribution in [-0.2, 0) is 6.18 Å². The highest BCUT2D eigenvalue weighted by Gasteiger charge is 2.30. The van der Waals surface area contributed by atoms with Crippen molar-refractivity contribution < 1.29 is 27.5 Å². The Hall–Kier alpha value is -2.44. The van der Waals surface area contributed by atoms with E-state index in [0.717, 1.165) is 36.7 Å². The van der Waals surface area contributed by atoms with Crippen molar-refractivity contribution in [1.29, 1.82) is 0 Å². The van der Waals surface area contributed by atoms with Gasteiger partial charge in [-0.05, 0) is 17.7 Å². The summed E-state index contributed by atoms with van der Waals surface area (Å²) in [5, 5.41) is 8.94. The Bertz CT molecular complexity index is 650. The molecule has 0 aliphatic rings. The number of carboxylic acid groups (broad SMARTS) is 1. The number of pyridine rings is 1. The number of carboxylic acids is 1. The van der Waals surface area contributed by atoms with Crippen LogP contribution < -0.4 is 0 Å². The Balaban J connectivity index is 2.53. The number of aromatic carboxylic acids is 1. The first kappa shape index (κ1) is 14.0. The fourth-order valence-electron chi connectivity index (χ4n) is 1.71. The van der Waals surface area contributed by atoms with Gasteiger partial charge in [-0.3, -0.25) is 4.98 Å². The van der Waals surface area contributed by atoms with Gasteiger partial charge in [-0.1, -0.05) is 12.1 Å². The van der Waals surface area contributed by atoms with Gasteiger partial charge in [-0.25, -0.2) is 9.18 Å². The standard InChI is InChI=1S/C13H7F4NO2/c14-10-6-18-5-9(11(10)12(19)20)7-1-3-8(4-2-7)13(15,16)17/h1-6H,(H,19,20). The summed E-state index contributed by atoms with van der Waals surface area (Å²) in [6.07, 6.45) is -2.67. The summed E-state index contributed by atoms with van der Waals surface area (Å²) < 4.78 is 50.7. The summed E-state index contributed by atoms with van der Waals surface area (Å²) in [5.41, 5.74) is -1.43. The minimum atomic E-state index is -4.49. The predicted octanol–water partition coefficient (Wildman–Crippen LogP) is 3.60. The van der Waals surface area contributed by atoms with Crippen molar-refractivity contribution in [2.24, 2.45) is 0 Å².